The Bertz CT molecular complexity index is 1060. The maximum Gasteiger partial charge on any atom is 0.351 e. The third-order valence-electron chi connectivity index (χ3n) is 5.42. The van der Waals surface area contributed by atoms with Gasteiger partial charge in [0.15, 0.2) is 0 Å². The lowest BCUT2D eigenvalue weighted by molar-refractivity contribution is -0.116. The van der Waals surface area contributed by atoms with Crippen LogP contribution in [-0.4, -0.2) is 38.4 Å². The number of carbonyl (C=O) groups excluding carboxylic acids is 1. The highest BCUT2D eigenvalue weighted by atomic mass is 32.2. The van der Waals surface area contributed by atoms with Crippen LogP contribution in [0.3, 0.4) is 0 Å². The number of thioether (sulfide) groups is 1. The lowest BCUT2D eigenvalue weighted by atomic mass is 10.2. The third-order valence-corrected chi connectivity index (χ3v) is 6.53. The van der Waals surface area contributed by atoms with E-state index in [1.165, 1.54) is 16.3 Å². The molecule has 7 nitrogen and oxygen atoms in total. The minimum atomic E-state index is -0.496. The van der Waals surface area contributed by atoms with Gasteiger partial charge in [0.05, 0.1) is 6.61 Å². The van der Waals surface area contributed by atoms with Gasteiger partial charge in [-0.1, -0.05) is 79.8 Å². The van der Waals surface area contributed by atoms with Gasteiger partial charge < -0.3 is 15.2 Å². The molecule has 1 aliphatic heterocycles. The molecule has 1 amide bonds. The molecule has 0 aromatic carbocycles. The Kier molecular flexibility index (Phi) is 16.5. The van der Waals surface area contributed by atoms with E-state index in [-0.39, 0.29) is 23.8 Å². The van der Waals surface area contributed by atoms with E-state index >= 15 is 0 Å². The Morgan fingerprint density at radius 3 is 2.05 bits per heavy atom. The fourth-order valence-electron chi connectivity index (χ4n) is 3.45. The topological polar surface area (TPSA) is 93.5 Å². The Morgan fingerprint density at radius 2 is 1.55 bits per heavy atom. The maximum atomic E-state index is 12.3. The molecule has 0 aliphatic carbocycles. The third kappa shape index (κ3) is 13.6. The predicted molar refractivity (Wildman–Crippen MR) is 158 cm³/mol. The second kappa shape index (κ2) is 20.1. The number of aliphatic hydroxyl groups excluding tert-OH is 1. The van der Waals surface area contributed by atoms with Gasteiger partial charge in [0.25, 0.3) is 0 Å². The Hall–Kier alpha value is -2.94. The van der Waals surface area contributed by atoms with Gasteiger partial charge in [0, 0.05) is 18.4 Å². The summed E-state index contributed by atoms with van der Waals surface area (Å²) in [4.78, 5) is 28.3. The number of nitrogens with zero attached hydrogens (tertiary/aromatic N) is 2. The fourth-order valence-corrected chi connectivity index (χ4v) is 4.38. The minimum absolute atomic E-state index is 0.103. The molecule has 0 radical (unpaired) electrons. The van der Waals surface area contributed by atoms with Crippen LogP contribution in [0, 0.1) is 0 Å². The molecule has 0 spiro atoms. The number of carbonyl (C=O) groups is 1. The van der Waals surface area contributed by atoms with Gasteiger partial charge in [-0.15, -0.1) is 11.8 Å². The van der Waals surface area contributed by atoms with Crippen molar-refractivity contribution in [1.29, 1.82) is 0 Å². The lowest BCUT2D eigenvalue weighted by Crippen LogP contribution is -2.29. The molecule has 1 fully saturated rings. The zero-order chi connectivity index (χ0) is 27.3. The Labute approximate surface area is 230 Å². The Morgan fingerprint density at radius 1 is 1.00 bits per heavy atom. The first kappa shape index (κ1) is 31.3. The molecule has 8 heteroatoms. The van der Waals surface area contributed by atoms with Crippen LogP contribution < -0.4 is 11.0 Å². The second-order valence-corrected chi connectivity index (χ2v) is 9.73. The number of hydrogen-bond acceptors (Lipinski definition) is 6. The molecular weight excluding hydrogens is 498 g/mol. The van der Waals surface area contributed by atoms with Crippen molar-refractivity contribution >= 4 is 23.5 Å². The van der Waals surface area contributed by atoms with Crippen LogP contribution in [0.2, 0.25) is 0 Å². The molecule has 2 heterocycles. The standard InChI is InChI=1S/C30H41N3O4S/c1-2-3-4-5-6-7-8-9-10-11-12-13-14-15-16-17-18-19-20-21-27(35)31-26-22-23-33(30(36)32-26)28-25-38-29(24-34)37-28/h3-4,6-7,9-10,12-13,15-16,18-19,22-23,28-29,34H,2,5,8,11,14,17,20-21,24-25H2,1H3,(H,31,32,35,36). The van der Waals surface area contributed by atoms with E-state index < -0.39 is 11.9 Å². The summed E-state index contributed by atoms with van der Waals surface area (Å²) >= 11 is 1.45. The number of anilines is 1. The van der Waals surface area contributed by atoms with Crippen LogP contribution in [-0.2, 0) is 9.53 Å². The van der Waals surface area contributed by atoms with E-state index in [2.05, 4.69) is 78.0 Å². The van der Waals surface area contributed by atoms with Crippen molar-refractivity contribution in [2.75, 3.05) is 17.7 Å². The first-order chi connectivity index (χ1) is 18.6. The van der Waals surface area contributed by atoms with Crippen molar-refractivity contribution in [2.24, 2.45) is 0 Å². The number of rotatable bonds is 17. The van der Waals surface area contributed by atoms with Crippen LogP contribution in [0.4, 0.5) is 5.82 Å². The summed E-state index contributed by atoms with van der Waals surface area (Å²) in [6.45, 7) is 2.04. The molecule has 0 saturated carbocycles. The van der Waals surface area contributed by atoms with Gasteiger partial charge in [-0.05, 0) is 51.0 Å². The highest BCUT2D eigenvalue weighted by molar-refractivity contribution is 8.00. The summed E-state index contributed by atoms with van der Waals surface area (Å²) in [5, 5.41) is 11.8. The van der Waals surface area contributed by atoms with Crippen molar-refractivity contribution < 1.29 is 14.6 Å². The molecule has 1 aromatic rings. The zero-order valence-corrected chi connectivity index (χ0v) is 23.1. The van der Waals surface area contributed by atoms with Crippen molar-refractivity contribution in [3.05, 3.63) is 95.7 Å². The minimum Gasteiger partial charge on any atom is -0.393 e. The largest absolute Gasteiger partial charge is 0.393 e. The molecule has 2 N–H and O–H groups in total. The molecule has 1 aromatic heterocycles. The molecule has 0 bridgehead atoms. The van der Waals surface area contributed by atoms with Crippen LogP contribution in [0.15, 0.2) is 90.0 Å². The highest BCUT2D eigenvalue weighted by Crippen LogP contribution is 2.30. The average Bonchev–Trinajstić information content (AvgIpc) is 3.39. The number of allylic oxidation sites excluding steroid dienone is 12. The predicted octanol–water partition coefficient (Wildman–Crippen LogP) is 6.24. The van der Waals surface area contributed by atoms with E-state index in [0.29, 0.717) is 18.6 Å². The number of hydrogen-bond donors (Lipinski definition) is 2. The van der Waals surface area contributed by atoms with E-state index in [9.17, 15) is 9.59 Å². The number of ether oxygens (including phenoxy) is 1. The lowest BCUT2D eigenvalue weighted by Gasteiger charge is -2.14. The second-order valence-electron chi connectivity index (χ2n) is 8.54. The van der Waals surface area contributed by atoms with Crippen molar-refractivity contribution in [1.82, 2.24) is 9.55 Å². The average molecular weight is 540 g/mol. The van der Waals surface area contributed by atoms with Gasteiger partial charge >= 0.3 is 5.69 Å². The number of amides is 1. The normalized spacial score (nSPS) is 18.5. The maximum absolute atomic E-state index is 12.3. The smallest absolute Gasteiger partial charge is 0.351 e. The monoisotopic (exact) mass is 539 g/mol. The fraction of sp³-hybridized carbons (Fsp3) is 0.433. The van der Waals surface area contributed by atoms with Crippen molar-refractivity contribution in [3.63, 3.8) is 0 Å². The first-order valence-electron chi connectivity index (χ1n) is 13.3. The molecule has 2 rings (SSSR count). The van der Waals surface area contributed by atoms with Crippen LogP contribution in [0.25, 0.3) is 0 Å². The van der Waals surface area contributed by atoms with Crippen LogP contribution >= 0.6 is 11.8 Å². The molecular formula is C30H41N3O4S. The first-order valence-corrected chi connectivity index (χ1v) is 14.4. The van der Waals surface area contributed by atoms with E-state index in [1.54, 1.807) is 12.3 Å². The SMILES string of the molecule is CCC=CCC=CCC=CCC=CCC=CCC=CCCC(=O)Nc1ccn(C2CSC(CO)O2)c(=O)n1. The van der Waals surface area contributed by atoms with Crippen molar-refractivity contribution in [2.45, 2.75) is 70.0 Å². The molecule has 38 heavy (non-hydrogen) atoms. The summed E-state index contributed by atoms with van der Waals surface area (Å²) in [7, 11) is 0. The Balaban J connectivity index is 1.53. The molecule has 1 aliphatic rings. The van der Waals surface area contributed by atoms with E-state index in [4.69, 9.17) is 9.84 Å². The summed E-state index contributed by atoms with van der Waals surface area (Å²) in [6.07, 6.45) is 33.6. The van der Waals surface area contributed by atoms with Gasteiger partial charge in [0.2, 0.25) is 5.91 Å². The van der Waals surface area contributed by atoms with E-state index in [0.717, 1.165) is 38.5 Å². The molecule has 2 unspecified atom stereocenters. The van der Waals surface area contributed by atoms with E-state index in [1.807, 2.05) is 12.2 Å². The molecule has 2 atom stereocenters. The summed E-state index contributed by atoms with van der Waals surface area (Å²) < 4.78 is 6.94. The zero-order valence-electron chi connectivity index (χ0n) is 22.3. The van der Waals surface area contributed by atoms with Crippen molar-refractivity contribution in [3.8, 4) is 0 Å². The van der Waals surface area contributed by atoms with Crippen LogP contribution in [0.5, 0.6) is 0 Å². The van der Waals surface area contributed by atoms with Gasteiger partial charge in [0.1, 0.15) is 17.5 Å². The number of aliphatic hydroxyl groups is 1. The van der Waals surface area contributed by atoms with Crippen LogP contribution in [0.1, 0.15) is 64.5 Å². The number of nitrogens with one attached hydrogen (secondary N) is 1. The highest BCUT2D eigenvalue weighted by Gasteiger charge is 2.27. The van der Waals surface area contributed by atoms with Gasteiger partial charge in [-0.25, -0.2) is 4.79 Å². The molecule has 206 valence electrons. The quantitative estimate of drug-likeness (QED) is 0.228. The van der Waals surface area contributed by atoms with Gasteiger partial charge in [-0.3, -0.25) is 9.36 Å². The number of aromatic nitrogens is 2. The summed E-state index contributed by atoms with van der Waals surface area (Å²) in [5.41, 5.74) is -0.829. The molecule has 1 saturated heterocycles. The van der Waals surface area contributed by atoms with Gasteiger partial charge in [-0.2, -0.15) is 4.98 Å². The summed E-state index contributed by atoms with van der Waals surface area (Å²) in [6, 6.07) is 1.58. The summed E-state index contributed by atoms with van der Waals surface area (Å²) in [5.74, 6) is 0.593.